The number of rotatable bonds is 8. The zero-order valence-corrected chi connectivity index (χ0v) is 14.4. The Morgan fingerprint density at radius 1 is 1.36 bits per heavy atom. The van der Waals surface area contributed by atoms with E-state index in [0.29, 0.717) is 13.1 Å². The van der Waals surface area contributed by atoms with Crippen molar-refractivity contribution in [3.63, 3.8) is 0 Å². The third kappa shape index (κ3) is 6.40. The summed E-state index contributed by atoms with van der Waals surface area (Å²) >= 11 is 0. The van der Waals surface area contributed by atoms with Crippen LogP contribution >= 0.6 is 0 Å². The van der Waals surface area contributed by atoms with Gasteiger partial charge in [-0.25, -0.2) is 4.98 Å². The van der Waals surface area contributed by atoms with Crippen molar-refractivity contribution in [3.05, 3.63) is 48.5 Å². The van der Waals surface area contributed by atoms with E-state index in [9.17, 15) is 8.78 Å². The molecule has 2 rings (SSSR count). The molecule has 0 radical (unpaired) electrons. The first-order valence-electron chi connectivity index (χ1n) is 8.07. The summed E-state index contributed by atoms with van der Waals surface area (Å²) in [4.78, 5) is 10.6. The molecule has 0 aliphatic carbocycles. The SMILES string of the molecule is CCNC(=NCCn1ccnc1)N(C)Cc1ccc(OC(F)F)cc1. The molecule has 0 atom stereocenters. The summed E-state index contributed by atoms with van der Waals surface area (Å²) in [7, 11) is 1.93. The van der Waals surface area contributed by atoms with Crippen molar-refractivity contribution >= 4 is 5.96 Å². The highest BCUT2D eigenvalue weighted by Crippen LogP contribution is 2.15. The molecular weight excluding hydrogens is 328 g/mol. The number of halogens is 2. The Balaban J connectivity index is 1.93. The van der Waals surface area contributed by atoms with Crippen molar-refractivity contribution in [3.8, 4) is 5.75 Å². The lowest BCUT2D eigenvalue weighted by molar-refractivity contribution is -0.0498. The van der Waals surface area contributed by atoms with Crippen molar-refractivity contribution < 1.29 is 13.5 Å². The Kier molecular flexibility index (Phi) is 7.18. The summed E-state index contributed by atoms with van der Waals surface area (Å²) in [5.41, 5.74) is 0.976. The number of alkyl halides is 2. The third-order valence-electron chi connectivity index (χ3n) is 3.44. The lowest BCUT2D eigenvalue weighted by Gasteiger charge is -2.22. The molecule has 0 aliphatic rings. The second-order valence-corrected chi connectivity index (χ2v) is 5.41. The van der Waals surface area contributed by atoms with E-state index in [-0.39, 0.29) is 5.75 Å². The van der Waals surface area contributed by atoms with Crippen LogP contribution in [-0.2, 0) is 13.1 Å². The molecule has 6 nitrogen and oxygen atoms in total. The molecule has 136 valence electrons. The predicted octanol–water partition coefficient (Wildman–Crippen LogP) is 2.58. The van der Waals surface area contributed by atoms with E-state index in [2.05, 4.69) is 20.0 Å². The molecule has 0 unspecified atom stereocenters. The minimum absolute atomic E-state index is 0.155. The molecule has 0 spiro atoms. The number of hydrogen-bond acceptors (Lipinski definition) is 3. The number of ether oxygens (including phenoxy) is 1. The highest BCUT2D eigenvalue weighted by molar-refractivity contribution is 5.79. The summed E-state index contributed by atoms with van der Waals surface area (Å²) in [5.74, 6) is 0.942. The van der Waals surface area contributed by atoms with Crippen LogP contribution in [0.5, 0.6) is 5.75 Å². The molecule has 0 fully saturated rings. The average Bonchev–Trinajstić information content (AvgIpc) is 3.09. The highest BCUT2D eigenvalue weighted by Gasteiger charge is 2.08. The van der Waals surface area contributed by atoms with Gasteiger partial charge in [0.25, 0.3) is 0 Å². The zero-order chi connectivity index (χ0) is 18.1. The van der Waals surface area contributed by atoms with Gasteiger partial charge in [-0.1, -0.05) is 12.1 Å². The Morgan fingerprint density at radius 2 is 2.12 bits per heavy atom. The first-order valence-corrected chi connectivity index (χ1v) is 8.07. The highest BCUT2D eigenvalue weighted by atomic mass is 19.3. The van der Waals surface area contributed by atoms with Gasteiger partial charge < -0.3 is 19.5 Å². The van der Waals surface area contributed by atoms with E-state index in [1.165, 1.54) is 0 Å². The Bertz CT molecular complexity index is 644. The molecule has 1 aromatic carbocycles. The Morgan fingerprint density at radius 3 is 2.72 bits per heavy atom. The quantitative estimate of drug-likeness (QED) is 0.587. The van der Waals surface area contributed by atoms with Gasteiger partial charge in [0.15, 0.2) is 5.96 Å². The van der Waals surface area contributed by atoms with E-state index in [0.717, 1.165) is 24.6 Å². The van der Waals surface area contributed by atoms with Crippen molar-refractivity contribution in [2.75, 3.05) is 20.1 Å². The topological polar surface area (TPSA) is 54.7 Å². The molecule has 0 aliphatic heterocycles. The van der Waals surface area contributed by atoms with Gasteiger partial charge in [-0.05, 0) is 24.6 Å². The summed E-state index contributed by atoms with van der Waals surface area (Å²) in [5, 5.41) is 3.25. The van der Waals surface area contributed by atoms with E-state index in [1.807, 2.05) is 29.6 Å². The summed E-state index contributed by atoms with van der Waals surface area (Å²) in [6.45, 7) is 1.94. The first kappa shape index (κ1) is 18.7. The lowest BCUT2D eigenvalue weighted by atomic mass is 10.2. The van der Waals surface area contributed by atoms with Crippen molar-refractivity contribution in [1.29, 1.82) is 0 Å². The molecule has 25 heavy (non-hydrogen) atoms. The molecule has 2 aromatic rings. The minimum atomic E-state index is -2.81. The van der Waals surface area contributed by atoms with E-state index < -0.39 is 6.61 Å². The molecule has 1 heterocycles. The largest absolute Gasteiger partial charge is 0.435 e. The Hall–Kier alpha value is -2.64. The van der Waals surface area contributed by atoms with Crippen molar-refractivity contribution in [2.24, 2.45) is 4.99 Å². The number of hydrogen-bond donors (Lipinski definition) is 1. The normalized spacial score (nSPS) is 11.6. The molecule has 0 bridgehead atoms. The number of aromatic nitrogens is 2. The zero-order valence-electron chi connectivity index (χ0n) is 14.4. The molecule has 0 saturated heterocycles. The maximum Gasteiger partial charge on any atom is 0.387 e. The van der Waals surface area contributed by atoms with Crippen LogP contribution in [0.3, 0.4) is 0 Å². The van der Waals surface area contributed by atoms with Crippen molar-refractivity contribution in [2.45, 2.75) is 26.6 Å². The number of nitrogens with one attached hydrogen (secondary N) is 1. The number of benzene rings is 1. The second kappa shape index (κ2) is 9.61. The molecular formula is C17H23F2N5O. The molecule has 0 saturated carbocycles. The van der Waals surface area contributed by atoms with Gasteiger partial charge in [-0.15, -0.1) is 0 Å². The van der Waals surface area contributed by atoms with E-state index in [1.54, 1.807) is 36.8 Å². The van der Waals surface area contributed by atoms with Crippen LogP contribution in [0.2, 0.25) is 0 Å². The van der Waals surface area contributed by atoms with E-state index >= 15 is 0 Å². The molecule has 8 heteroatoms. The van der Waals surface area contributed by atoms with Crippen molar-refractivity contribution in [1.82, 2.24) is 19.8 Å². The van der Waals surface area contributed by atoms with Crippen LogP contribution in [-0.4, -0.2) is 47.2 Å². The molecule has 0 amide bonds. The van der Waals surface area contributed by atoms with Gasteiger partial charge in [0.1, 0.15) is 5.75 Å². The van der Waals surface area contributed by atoms with Crippen LogP contribution in [0, 0.1) is 0 Å². The fraction of sp³-hybridized carbons (Fsp3) is 0.412. The van der Waals surface area contributed by atoms with E-state index in [4.69, 9.17) is 0 Å². The van der Waals surface area contributed by atoms with Gasteiger partial charge in [0, 0.05) is 39.1 Å². The Labute approximate surface area is 146 Å². The van der Waals surface area contributed by atoms with Gasteiger partial charge >= 0.3 is 6.61 Å². The van der Waals surface area contributed by atoms with Gasteiger partial charge in [0.05, 0.1) is 12.9 Å². The standard InChI is InChI=1S/C17H23F2N5O/c1-3-21-17(22-9-11-24-10-8-20-13-24)23(2)12-14-4-6-15(7-5-14)25-16(18)19/h4-8,10,13,16H,3,9,11-12H2,1-2H3,(H,21,22). The monoisotopic (exact) mass is 351 g/mol. The summed E-state index contributed by atoms with van der Waals surface area (Å²) in [6, 6.07) is 6.61. The maximum absolute atomic E-state index is 12.2. The van der Waals surface area contributed by atoms with Crippen LogP contribution in [0.25, 0.3) is 0 Å². The number of nitrogens with zero attached hydrogens (tertiary/aromatic N) is 4. The van der Waals surface area contributed by atoms with Crippen LogP contribution in [0.15, 0.2) is 48.0 Å². The van der Waals surface area contributed by atoms with Crippen LogP contribution in [0.4, 0.5) is 8.78 Å². The second-order valence-electron chi connectivity index (χ2n) is 5.41. The molecule has 1 N–H and O–H groups in total. The smallest absolute Gasteiger partial charge is 0.387 e. The predicted molar refractivity (Wildman–Crippen MR) is 92.7 cm³/mol. The van der Waals surface area contributed by atoms with Gasteiger partial charge in [-0.2, -0.15) is 8.78 Å². The summed E-state index contributed by atoms with van der Waals surface area (Å²) < 4.78 is 30.7. The number of guanidine groups is 1. The van der Waals surface area contributed by atoms with Crippen LogP contribution < -0.4 is 10.1 Å². The minimum Gasteiger partial charge on any atom is -0.435 e. The van der Waals surface area contributed by atoms with Gasteiger partial charge in [-0.3, -0.25) is 4.99 Å². The number of imidazole rings is 1. The maximum atomic E-state index is 12.2. The summed E-state index contributed by atoms with van der Waals surface area (Å²) in [6.07, 6.45) is 5.40. The average molecular weight is 351 g/mol. The third-order valence-corrected chi connectivity index (χ3v) is 3.44. The fourth-order valence-corrected chi connectivity index (χ4v) is 2.29. The lowest BCUT2D eigenvalue weighted by Crippen LogP contribution is -2.38. The van der Waals surface area contributed by atoms with Crippen LogP contribution in [0.1, 0.15) is 12.5 Å². The fourth-order valence-electron chi connectivity index (χ4n) is 2.29. The molecule has 1 aromatic heterocycles. The first-order chi connectivity index (χ1) is 12.1. The van der Waals surface area contributed by atoms with Gasteiger partial charge in [0.2, 0.25) is 0 Å². The number of aliphatic imine (C=N–C) groups is 1.